The van der Waals surface area contributed by atoms with Crippen molar-refractivity contribution in [2.45, 2.75) is 31.5 Å². The van der Waals surface area contributed by atoms with Gasteiger partial charge in [-0.05, 0) is 65.0 Å². The fraction of sp³-hybridized carbons (Fsp3) is 0.267. The highest BCUT2D eigenvalue weighted by molar-refractivity contribution is 5.84. The molecule has 1 fully saturated rings. The van der Waals surface area contributed by atoms with Gasteiger partial charge >= 0.3 is 6.09 Å². The highest BCUT2D eigenvalue weighted by atomic mass is 16.5. The van der Waals surface area contributed by atoms with Crippen molar-refractivity contribution in [3.8, 4) is 0 Å². The number of hydrogen-bond acceptors (Lipinski definition) is 4. The lowest BCUT2D eigenvalue weighted by molar-refractivity contribution is 0.0106. The molecular formula is C30H31N3O3. The van der Waals surface area contributed by atoms with Gasteiger partial charge in [0.1, 0.15) is 5.82 Å². The Balaban J connectivity index is 1.22. The molecular weight excluding hydrogens is 450 g/mol. The molecule has 4 aromatic rings. The summed E-state index contributed by atoms with van der Waals surface area (Å²) in [6.45, 7) is 2.75. The Bertz CT molecular complexity index is 1290. The van der Waals surface area contributed by atoms with E-state index in [0.717, 1.165) is 25.1 Å². The number of benzene rings is 3. The molecule has 0 radical (unpaired) electrons. The van der Waals surface area contributed by atoms with Crippen LogP contribution in [-0.2, 0) is 17.8 Å². The Morgan fingerprint density at radius 2 is 1.75 bits per heavy atom. The van der Waals surface area contributed by atoms with Crippen molar-refractivity contribution >= 4 is 22.7 Å². The van der Waals surface area contributed by atoms with Crippen molar-refractivity contribution in [3.63, 3.8) is 0 Å². The van der Waals surface area contributed by atoms with Gasteiger partial charge in [-0.3, -0.25) is 4.90 Å². The number of aromatic nitrogens is 1. The first-order valence-electron chi connectivity index (χ1n) is 12.5. The number of rotatable bonds is 8. The third kappa shape index (κ3) is 5.73. The van der Waals surface area contributed by atoms with E-state index in [1.807, 2.05) is 0 Å². The number of amides is 1. The fourth-order valence-corrected chi connectivity index (χ4v) is 4.91. The lowest BCUT2D eigenvalue weighted by Gasteiger charge is -2.32. The predicted molar refractivity (Wildman–Crippen MR) is 143 cm³/mol. The van der Waals surface area contributed by atoms with Gasteiger partial charge in [0.15, 0.2) is 0 Å². The molecule has 0 saturated carbocycles. The van der Waals surface area contributed by atoms with Crippen molar-refractivity contribution in [1.82, 2.24) is 10.3 Å². The summed E-state index contributed by atoms with van der Waals surface area (Å²) >= 11 is 0. The second-order valence-electron chi connectivity index (χ2n) is 9.24. The number of anilines is 1. The van der Waals surface area contributed by atoms with Crippen LogP contribution in [0.2, 0.25) is 0 Å². The number of carboxylic acid groups (broad SMARTS) is 1. The maximum atomic E-state index is 11.7. The lowest BCUT2D eigenvalue weighted by atomic mass is 9.87. The molecule has 2 atom stereocenters. The molecule has 3 aromatic carbocycles. The van der Waals surface area contributed by atoms with E-state index >= 15 is 0 Å². The molecule has 2 unspecified atom stereocenters. The summed E-state index contributed by atoms with van der Waals surface area (Å²) in [7, 11) is 0. The average Bonchev–Trinajstić information content (AvgIpc) is 2.93. The first kappa shape index (κ1) is 24.0. The van der Waals surface area contributed by atoms with Gasteiger partial charge < -0.3 is 15.2 Å². The molecule has 1 amide bonds. The van der Waals surface area contributed by atoms with Crippen molar-refractivity contribution in [1.29, 1.82) is 0 Å². The van der Waals surface area contributed by atoms with Crippen LogP contribution in [0.4, 0.5) is 10.6 Å². The summed E-state index contributed by atoms with van der Waals surface area (Å²) in [5.74, 6) is 0.771. The van der Waals surface area contributed by atoms with Crippen LogP contribution in [0.3, 0.4) is 0 Å². The van der Waals surface area contributed by atoms with E-state index in [-0.39, 0.29) is 6.10 Å². The topological polar surface area (TPSA) is 74.7 Å². The second kappa shape index (κ2) is 11.3. The quantitative estimate of drug-likeness (QED) is 0.341. The van der Waals surface area contributed by atoms with Gasteiger partial charge in [-0.2, -0.15) is 0 Å². The molecule has 6 nitrogen and oxygen atoms in total. The minimum Gasteiger partial charge on any atom is -0.465 e. The number of carbonyl (C=O) groups is 1. The molecule has 6 heteroatoms. The Hall–Kier alpha value is -3.74. The zero-order valence-electron chi connectivity index (χ0n) is 20.2. The SMILES string of the molecule is O=C(O)N(CCc1ccc(C2CCNCC2OCc2ccc3ccccc3c2)cc1)c1ccccn1. The predicted octanol–water partition coefficient (Wildman–Crippen LogP) is 5.62. The normalized spacial score (nSPS) is 17.7. The van der Waals surface area contributed by atoms with Crippen LogP contribution in [0, 0.1) is 0 Å². The number of fused-ring (bicyclic) bond motifs is 1. The number of ether oxygens (including phenoxy) is 1. The van der Waals surface area contributed by atoms with Gasteiger partial charge in [0.2, 0.25) is 0 Å². The van der Waals surface area contributed by atoms with Gasteiger partial charge in [0.25, 0.3) is 0 Å². The van der Waals surface area contributed by atoms with Gasteiger partial charge in [-0.25, -0.2) is 9.78 Å². The number of nitrogens with one attached hydrogen (secondary N) is 1. The summed E-state index contributed by atoms with van der Waals surface area (Å²) in [6.07, 6.45) is 2.36. The summed E-state index contributed by atoms with van der Waals surface area (Å²) in [5, 5.41) is 15.6. The van der Waals surface area contributed by atoms with E-state index in [1.165, 1.54) is 26.8 Å². The first-order chi connectivity index (χ1) is 17.7. The van der Waals surface area contributed by atoms with Crippen LogP contribution in [0.25, 0.3) is 10.8 Å². The molecule has 2 N–H and O–H groups in total. The Morgan fingerprint density at radius 1 is 0.972 bits per heavy atom. The Labute approximate surface area is 211 Å². The molecule has 1 aliphatic heterocycles. The molecule has 1 aromatic heterocycles. The van der Waals surface area contributed by atoms with Crippen molar-refractivity contribution < 1.29 is 14.6 Å². The largest absolute Gasteiger partial charge is 0.465 e. The molecule has 36 heavy (non-hydrogen) atoms. The van der Waals surface area contributed by atoms with Crippen LogP contribution >= 0.6 is 0 Å². The third-order valence-corrected chi connectivity index (χ3v) is 6.89. The number of hydrogen-bond donors (Lipinski definition) is 2. The van der Waals surface area contributed by atoms with Crippen LogP contribution in [0.15, 0.2) is 91.1 Å². The third-order valence-electron chi connectivity index (χ3n) is 6.89. The summed E-state index contributed by atoms with van der Waals surface area (Å²) in [4.78, 5) is 17.2. The maximum absolute atomic E-state index is 11.7. The molecule has 5 rings (SSSR count). The van der Waals surface area contributed by atoms with Crippen molar-refractivity contribution in [2.75, 3.05) is 24.5 Å². The Kier molecular flexibility index (Phi) is 7.55. The molecule has 184 valence electrons. The van der Waals surface area contributed by atoms with Crippen LogP contribution in [0.5, 0.6) is 0 Å². The molecule has 2 heterocycles. The van der Waals surface area contributed by atoms with Gasteiger partial charge in [-0.1, -0.05) is 66.7 Å². The smallest absolute Gasteiger partial charge is 0.413 e. The van der Waals surface area contributed by atoms with Gasteiger partial charge in [-0.15, -0.1) is 0 Å². The summed E-state index contributed by atoms with van der Waals surface area (Å²) < 4.78 is 6.43. The number of pyridine rings is 1. The van der Waals surface area contributed by atoms with E-state index in [0.29, 0.717) is 31.3 Å². The lowest BCUT2D eigenvalue weighted by Crippen LogP contribution is -2.41. The molecule has 0 bridgehead atoms. The van der Waals surface area contributed by atoms with Crippen LogP contribution in [-0.4, -0.2) is 41.9 Å². The van der Waals surface area contributed by atoms with Gasteiger partial charge in [0.05, 0.1) is 12.7 Å². The van der Waals surface area contributed by atoms with Crippen LogP contribution < -0.4 is 10.2 Å². The minimum absolute atomic E-state index is 0.0997. The van der Waals surface area contributed by atoms with E-state index in [1.54, 1.807) is 24.4 Å². The second-order valence-corrected chi connectivity index (χ2v) is 9.24. The van der Waals surface area contributed by atoms with Crippen LogP contribution in [0.1, 0.15) is 29.0 Å². The fourth-order valence-electron chi connectivity index (χ4n) is 4.91. The van der Waals surface area contributed by atoms with E-state index in [9.17, 15) is 9.90 Å². The Morgan fingerprint density at radius 3 is 2.53 bits per heavy atom. The number of piperidine rings is 1. The average molecular weight is 482 g/mol. The van der Waals surface area contributed by atoms with E-state index in [4.69, 9.17) is 4.74 Å². The monoisotopic (exact) mass is 481 g/mol. The van der Waals surface area contributed by atoms with Crippen molar-refractivity contribution in [3.05, 3.63) is 108 Å². The van der Waals surface area contributed by atoms with E-state index < -0.39 is 6.09 Å². The molecule has 0 aliphatic carbocycles. The zero-order chi connectivity index (χ0) is 24.7. The standard InChI is InChI=1S/C30H31N3O3/c34-30(35)33(29-7-3-4-16-32-29)18-15-22-8-12-25(13-9-22)27-14-17-31-20-28(27)36-21-23-10-11-24-5-1-2-6-26(24)19-23/h1-13,16,19,27-28,31H,14-15,17-18,20-21H2,(H,34,35). The minimum atomic E-state index is -0.994. The molecule has 0 spiro atoms. The van der Waals surface area contributed by atoms with Gasteiger partial charge in [0, 0.05) is 25.2 Å². The summed E-state index contributed by atoms with van der Waals surface area (Å²) in [6, 6.07) is 28.7. The number of nitrogens with zero attached hydrogens (tertiary/aromatic N) is 2. The summed E-state index contributed by atoms with van der Waals surface area (Å²) in [5.41, 5.74) is 3.55. The first-order valence-corrected chi connectivity index (χ1v) is 12.5. The molecule has 1 saturated heterocycles. The van der Waals surface area contributed by atoms with E-state index in [2.05, 4.69) is 77.0 Å². The highest BCUT2D eigenvalue weighted by Gasteiger charge is 2.27. The molecule has 1 aliphatic rings. The zero-order valence-corrected chi connectivity index (χ0v) is 20.2. The van der Waals surface area contributed by atoms with Crippen molar-refractivity contribution in [2.24, 2.45) is 0 Å². The maximum Gasteiger partial charge on any atom is 0.413 e. The highest BCUT2D eigenvalue weighted by Crippen LogP contribution is 2.29.